The summed E-state index contributed by atoms with van der Waals surface area (Å²) >= 11 is 0. The van der Waals surface area contributed by atoms with Crippen LogP contribution in [-0.2, 0) is 22.4 Å². The van der Waals surface area contributed by atoms with Gasteiger partial charge in [-0.15, -0.1) is 0 Å². The number of hydrogen-bond acceptors (Lipinski definition) is 3. The van der Waals surface area contributed by atoms with Gasteiger partial charge in [-0.3, -0.25) is 4.79 Å². The number of fused-ring (bicyclic) bond motifs is 2. The van der Waals surface area contributed by atoms with Crippen LogP contribution in [0.2, 0.25) is 0 Å². The Morgan fingerprint density at radius 1 is 0.889 bits per heavy atom. The van der Waals surface area contributed by atoms with Gasteiger partial charge in [-0.2, -0.15) is 0 Å². The van der Waals surface area contributed by atoms with Crippen molar-refractivity contribution < 1.29 is 14.7 Å². The fourth-order valence-electron chi connectivity index (χ4n) is 3.41. The maximum atomic E-state index is 12.4. The molecule has 1 atom stereocenters. The van der Waals surface area contributed by atoms with Crippen molar-refractivity contribution in [1.82, 2.24) is 15.3 Å². The summed E-state index contributed by atoms with van der Waals surface area (Å²) in [6, 6.07) is 14.2. The molecule has 0 unspecified atom stereocenters. The maximum absolute atomic E-state index is 12.4. The van der Waals surface area contributed by atoms with Gasteiger partial charge in [0, 0.05) is 40.6 Å². The molecule has 1 amide bonds. The third-order valence-electron chi connectivity index (χ3n) is 4.74. The topological polar surface area (TPSA) is 101 Å². The van der Waals surface area contributed by atoms with Crippen molar-refractivity contribution in [3.63, 3.8) is 0 Å². The number of nitrogens with one attached hydrogen (secondary N) is 3. The predicted molar refractivity (Wildman–Crippen MR) is 101 cm³/mol. The molecule has 2 aromatic heterocycles. The summed E-state index contributed by atoms with van der Waals surface area (Å²) in [6.07, 6.45) is 3.80. The zero-order chi connectivity index (χ0) is 18.8. The lowest BCUT2D eigenvalue weighted by atomic mass is 10.0. The van der Waals surface area contributed by atoms with Crippen LogP contribution in [0.1, 0.15) is 11.1 Å². The number of hydrogen-bond donors (Lipinski definition) is 3. The average Bonchev–Trinajstić information content (AvgIpc) is 3.26. The Hall–Kier alpha value is -3.54. The molecule has 27 heavy (non-hydrogen) atoms. The fourth-order valence-corrected chi connectivity index (χ4v) is 3.41. The highest BCUT2D eigenvalue weighted by Crippen LogP contribution is 2.20. The molecule has 0 saturated heterocycles. The minimum absolute atomic E-state index is 0.0989. The van der Waals surface area contributed by atoms with Crippen molar-refractivity contribution in [2.24, 2.45) is 0 Å². The molecule has 4 rings (SSSR count). The molecule has 4 aromatic rings. The van der Waals surface area contributed by atoms with Gasteiger partial charge in [-0.25, -0.2) is 0 Å². The Labute approximate surface area is 155 Å². The van der Waals surface area contributed by atoms with Gasteiger partial charge in [0.25, 0.3) is 0 Å². The smallest absolute Gasteiger partial charge is 0.225 e. The number of aliphatic carboxylic acids is 1. The molecule has 136 valence electrons. The van der Waals surface area contributed by atoms with Crippen LogP contribution < -0.4 is 10.4 Å². The van der Waals surface area contributed by atoms with E-state index >= 15 is 0 Å². The highest BCUT2D eigenvalue weighted by molar-refractivity contribution is 5.91. The molecule has 3 N–H and O–H groups in total. The Morgan fingerprint density at radius 2 is 1.44 bits per heavy atom. The molecular formula is C21H18N3O3-. The van der Waals surface area contributed by atoms with Crippen molar-refractivity contribution in [2.75, 3.05) is 0 Å². The number of rotatable bonds is 6. The molecule has 0 bridgehead atoms. The summed E-state index contributed by atoms with van der Waals surface area (Å²) in [5.41, 5.74) is 3.52. The van der Waals surface area contributed by atoms with E-state index < -0.39 is 12.0 Å². The summed E-state index contributed by atoms with van der Waals surface area (Å²) in [4.78, 5) is 30.2. The van der Waals surface area contributed by atoms with Gasteiger partial charge in [-0.05, 0) is 23.3 Å². The number of aromatic amines is 2. The third-order valence-corrected chi connectivity index (χ3v) is 4.74. The zero-order valence-corrected chi connectivity index (χ0v) is 14.5. The van der Waals surface area contributed by atoms with E-state index in [0.717, 1.165) is 32.9 Å². The average molecular weight is 360 g/mol. The van der Waals surface area contributed by atoms with Gasteiger partial charge in [0.05, 0.1) is 18.4 Å². The second-order valence-electron chi connectivity index (χ2n) is 6.54. The largest absolute Gasteiger partial charge is 0.548 e. The number of amides is 1. The van der Waals surface area contributed by atoms with Gasteiger partial charge in [0.15, 0.2) is 0 Å². The van der Waals surface area contributed by atoms with Crippen LogP contribution in [0, 0.1) is 0 Å². The molecule has 0 spiro atoms. The minimum atomic E-state index is -1.30. The molecule has 2 heterocycles. The normalized spacial score (nSPS) is 12.3. The Kier molecular flexibility index (Phi) is 4.38. The van der Waals surface area contributed by atoms with E-state index in [0.29, 0.717) is 0 Å². The Bertz CT molecular complexity index is 1130. The number of carboxylic acids is 1. The van der Waals surface area contributed by atoms with Crippen molar-refractivity contribution in [1.29, 1.82) is 0 Å². The number of carboxylic acid groups (broad SMARTS) is 1. The highest BCUT2D eigenvalue weighted by Gasteiger charge is 2.17. The first kappa shape index (κ1) is 16.9. The number of benzene rings is 2. The fraction of sp³-hybridized carbons (Fsp3) is 0.143. The molecule has 0 radical (unpaired) electrons. The highest BCUT2D eigenvalue weighted by atomic mass is 16.4. The van der Waals surface area contributed by atoms with E-state index in [4.69, 9.17) is 0 Å². The van der Waals surface area contributed by atoms with Crippen molar-refractivity contribution >= 4 is 33.7 Å². The quantitative estimate of drug-likeness (QED) is 0.487. The zero-order valence-electron chi connectivity index (χ0n) is 14.5. The molecular weight excluding hydrogens is 342 g/mol. The lowest BCUT2D eigenvalue weighted by Crippen LogP contribution is -2.49. The first-order valence-corrected chi connectivity index (χ1v) is 8.72. The summed E-state index contributed by atoms with van der Waals surface area (Å²) in [6.45, 7) is 0. The Morgan fingerprint density at radius 3 is 2.07 bits per heavy atom. The van der Waals surface area contributed by atoms with Crippen molar-refractivity contribution in [2.45, 2.75) is 18.9 Å². The van der Waals surface area contributed by atoms with E-state index in [2.05, 4.69) is 15.3 Å². The summed E-state index contributed by atoms with van der Waals surface area (Å²) in [7, 11) is 0. The first-order valence-electron chi connectivity index (χ1n) is 8.72. The van der Waals surface area contributed by atoms with Gasteiger partial charge < -0.3 is 25.2 Å². The van der Waals surface area contributed by atoms with Crippen molar-refractivity contribution in [3.05, 3.63) is 72.1 Å². The van der Waals surface area contributed by atoms with Crippen LogP contribution in [-0.4, -0.2) is 27.9 Å². The SMILES string of the molecule is O=C(Cc1c[nH]c2ccccc12)N[C@H](Cc1c[nH]c2ccccc12)C(=O)[O-]. The van der Waals surface area contributed by atoms with Crippen LogP contribution in [0.5, 0.6) is 0 Å². The molecule has 0 aliphatic heterocycles. The molecule has 6 heteroatoms. The third kappa shape index (κ3) is 3.42. The number of carbonyl (C=O) groups is 2. The van der Waals surface area contributed by atoms with Crippen LogP contribution in [0.25, 0.3) is 21.8 Å². The van der Waals surface area contributed by atoms with Gasteiger partial charge >= 0.3 is 0 Å². The second kappa shape index (κ2) is 6.99. The molecule has 0 aliphatic rings. The Balaban J connectivity index is 1.49. The maximum Gasteiger partial charge on any atom is 0.225 e. The molecule has 0 fully saturated rings. The van der Waals surface area contributed by atoms with Gasteiger partial charge in [-0.1, -0.05) is 36.4 Å². The van der Waals surface area contributed by atoms with Crippen LogP contribution >= 0.6 is 0 Å². The van der Waals surface area contributed by atoms with Crippen LogP contribution in [0.4, 0.5) is 0 Å². The van der Waals surface area contributed by atoms with Gasteiger partial charge in [0.1, 0.15) is 0 Å². The van der Waals surface area contributed by atoms with E-state index in [-0.39, 0.29) is 18.7 Å². The molecule has 0 saturated carbocycles. The number of aromatic nitrogens is 2. The number of H-pyrrole nitrogens is 2. The summed E-state index contributed by atoms with van der Waals surface area (Å²) in [5, 5.41) is 16.1. The molecule has 2 aromatic carbocycles. The van der Waals surface area contributed by atoms with E-state index in [1.807, 2.05) is 48.5 Å². The van der Waals surface area contributed by atoms with Gasteiger partial charge in [0.2, 0.25) is 5.91 Å². The number of para-hydroxylation sites is 2. The lowest BCUT2D eigenvalue weighted by molar-refractivity contribution is -0.308. The standard InChI is InChI=1S/C21H19N3O3/c25-20(10-14-12-23-18-8-4-2-6-16(14)18)24-19(21(26)27)9-13-11-22-17-7-3-1-5-15(13)17/h1-8,11-12,19,22-23H,9-10H2,(H,24,25)(H,26,27)/p-1/t19-/m1/s1. The predicted octanol–water partition coefficient (Wildman–Crippen LogP) is 1.67. The monoisotopic (exact) mass is 360 g/mol. The second-order valence-corrected chi connectivity index (χ2v) is 6.54. The molecule has 6 nitrogen and oxygen atoms in total. The number of carbonyl (C=O) groups excluding carboxylic acids is 2. The van der Waals surface area contributed by atoms with E-state index in [1.54, 1.807) is 12.4 Å². The van der Waals surface area contributed by atoms with Crippen LogP contribution in [0.15, 0.2) is 60.9 Å². The molecule has 0 aliphatic carbocycles. The van der Waals surface area contributed by atoms with E-state index in [9.17, 15) is 14.7 Å². The summed E-state index contributed by atoms with van der Waals surface area (Å²) < 4.78 is 0. The van der Waals surface area contributed by atoms with Crippen molar-refractivity contribution in [3.8, 4) is 0 Å². The summed E-state index contributed by atoms with van der Waals surface area (Å²) in [5.74, 6) is -1.65. The van der Waals surface area contributed by atoms with E-state index in [1.165, 1.54) is 0 Å². The minimum Gasteiger partial charge on any atom is -0.548 e. The lowest BCUT2D eigenvalue weighted by Gasteiger charge is -2.19. The first-order chi connectivity index (χ1) is 13.1. The van der Waals surface area contributed by atoms with Crippen LogP contribution in [0.3, 0.4) is 0 Å².